The second-order valence-corrected chi connectivity index (χ2v) is 9.16. The highest BCUT2D eigenvalue weighted by Crippen LogP contribution is 2.39. The Morgan fingerprint density at radius 2 is 2.10 bits per heavy atom. The molecule has 0 spiro atoms. The summed E-state index contributed by atoms with van der Waals surface area (Å²) in [5.74, 6) is 0.282. The first kappa shape index (κ1) is 19.6. The van der Waals surface area contributed by atoms with Gasteiger partial charge in [0, 0.05) is 29.4 Å². The molecule has 0 saturated heterocycles. The van der Waals surface area contributed by atoms with Crippen molar-refractivity contribution in [3.63, 3.8) is 0 Å². The van der Waals surface area contributed by atoms with Crippen molar-refractivity contribution in [3.8, 4) is 11.5 Å². The van der Waals surface area contributed by atoms with Crippen LogP contribution in [0, 0.1) is 0 Å². The highest BCUT2D eigenvalue weighted by Gasteiger charge is 2.24. The molecule has 152 valence electrons. The summed E-state index contributed by atoms with van der Waals surface area (Å²) in [7, 11) is -3.57. The maximum atomic E-state index is 12.7. The first-order valence-electron chi connectivity index (χ1n) is 8.63. The topological polar surface area (TPSA) is 68.7 Å². The van der Waals surface area contributed by atoms with E-state index in [1.165, 1.54) is 35.6 Å². The Balaban J connectivity index is 1.64. The quantitative estimate of drug-likeness (QED) is 0.573. The van der Waals surface area contributed by atoms with Crippen LogP contribution in [-0.4, -0.2) is 33.2 Å². The predicted octanol–water partition coefficient (Wildman–Crippen LogP) is 4.25. The lowest BCUT2D eigenvalue weighted by Crippen LogP contribution is -2.28. The molecular weight excluding hydrogens is 422 g/mol. The highest BCUT2D eigenvalue weighted by molar-refractivity contribution is 7.90. The van der Waals surface area contributed by atoms with Crippen molar-refractivity contribution >= 4 is 32.5 Å². The van der Waals surface area contributed by atoms with Gasteiger partial charge in [-0.25, -0.2) is 13.4 Å². The Morgan fingerprint density at radius 3 is 2.86 bits per heavy atom. The van der Waals surface area contributed by atoms with E-state index in [-0.39, 0.29) is 16.4 Å². The number of rotatable bonds is 6. The van der Waals surface area contributed by atoms with Crippen molar-refractivity contribution in [3.05, 3.63) is 59.0 Å². The van der Waals surface area contributed by atoms with Gasteiger partial charge in [-0.1, -0.05) is 6.07 Å². The third-order valence-corrected chi connectivity index (χ3v) is 6.89. The third kappa shape index (κ3) is 4.33. The summed E-state index contributed by atoms with van der Waals surface area (Å²) in [6.07, 6.45) is 1.56. The van der Waals surface area contributed by atoms with Gasteiger partial charge in [-0.3, -0.25) is 0 Å². The van der Waals surface area contributed by atoms with E-state index in [1.54, 1.807) is 29.8 Å². The van der Waals surface area contributed by atoms with Gasteiger partial charge in [0.05, 0.1) is 17.1 Å². The molecule has 2 aromatic carbocycles. The molecule has 3 aromatic rings. The Hall–Kier alpha value is -2.72. The van der Waals surface area contributed by atoms with Crippen molar-refractivity contribution in [1.29, 1.82) is 0 Å². The number of alkyl halides is 2. The summed E-state index contributed by atoms with van der Waals surface area (Å²) in [6.45, 7) is -2.10. The van der Waals surface area contributed by atoms with Gasteiger partial charge in [-0.15, -0.1) is 11.3 Å². The molecule has 4 rings (SSSR count). The van der Waals surface area contributed by atoms with Gasteiger partial charge in [0.2, 0.25) is 0 Å². The Labute approximate surface area is 170 Å². The van der Waals surface area contributed by atoms with Crippen LogP contribution in [0.3, 0.4) is 0 Å². The number of fused-ring (bicyclic) bond motifs is 1. The van der Waals surface area contributed by atoms with Crippen molar-refractivity contribution in [2.24, 2.45) is 0 Å². The molecule has 2 heterocycles. The minimum Gasteiger partial charge on any atom is -0.489 e. The van der Waals surface area contributed by atoms with E-state index in [4.69, 9.17) is 4.74 Å². The fourth-order valence-electron chi connectivity index (χ4n) is 3.06. The maximum absolute atomic E-state index is 12.7. The summed E-state index contributed by atoms with van der Waals surface area (Å²) in [4.78, 5) is 6.04. The van der Waals surface area contributed by atoms with Crippen molar-refractivity contribution in [1.82, 2.24) is 4.98 Å². The summed E-state index contributed by atoms with van der Waals surface area (Å²) < 4.78 is 60.5. The molecule has 1 aliphatic rings. The second-order valence-electron chi connectivity index (χ2n) is 6.19. The van der Waals surface area contributed by atoms with E-state index in [2.05, 4.69) is 9.72 Å². The van der Waals surface area contributed by atoms with Crippen LogP contribution in [0.5, 0.6) is 11.5 Å². The fraction of sp³-hybridized carbons (Fsp3) is 0.211. The number of hydrogen-bond acceptors (Lipinski definition) is 7. The zero-order valence-electron chi connectivity index (χ0n) is 15.0. The molecule has 0 amide bonds. The zero-order valence-corrected chi connectivity index (χ0v) is 16.6. The van der Waals surface area contributed by atoms with E-state index >= 15 is 0 Å². The average molecular weight is 438 g/mol. The lowest BCUT2D eigenvalue weighted by Gasteiger charge is -2.31. The number of anilines is 2. The molecule has 1 aromatic heterocycles. The molecule has 0 unspecified atom stereocenters. The van der Waals surface area contributed by atoms with Crippen molar-refractivity contribution < 1.29 is 26.7 Å². The highest BCUT2D eigenvalue weighted by atomic mass is 32.2. The molecule has 0 N–H and O–H groups in total. The van der Waals surface area contributed by atoms with Crippen LogP contribution in [-0.2, 0) is 15.6 Å². The molecule has 6 nitrogen and oxygen atoms in total. The summed E-state index contributed by atoms with van der Waals surface area (Å²) >= 11 is 1.28. The SMILES string of the molecule is O=S(=O)(Cc1nccs1)c1ccc2c(c1)OCCN2c1cccc(OC(F)F)c1. The van der Waals surface area contributed by atoms with E-state index in [0.717, 1.165) is 0 Å². The predicted molar refractivity (Wildman–Crippen MR) is 105 cm³/mol. The molecule has 1 aliphatic heterocycles. The van der Waals surface area contributed by atoms with E-state index in [9.17, 15) is 17.2 Å². The minimum absolute atomic E-state index is 0.0492. The molecule has 0 fully saturated rings. The largest absolute Gasteiger partial charge is 0.489 e. The lowest BCUT2D eigenvalue weighted by atomic mass is 10.2. The monoisotopic (exact) mass is 438 g/mol. The molecule has 0 atom stereocenters. The van der Waals surface area contributed by atoms with E-state index in [1.807, 2.05) is 4.90 Å². The first-order chi connectivity index (χ1) is 13.9. The number of benzene rings is 2. The van der Waals surface area contributed by atoms with E-state index < -0.39 is 16.4 Å². The maximum Gasteiger partial charge on any atom is 0.387 e. The number of hydrogen-bond donors (Lipinski definition) is 0. The van der Waals surface area contributed by atoms with Gasteiger partial charge >= 0.3 is 6.61 Å². The molecule has 0 bridgehead atoms. The van der Waals surface area contributed by atoms with E-state index in [0.29, 0.717) is 35.3 Å². The van der Waals surface area contributed by atoms with Gasteiger partial charge < -0.3 is 14.4 Å². The smallest absolute Gasteiger partial charge is 0.387 e. The molecule has 10 heteroatoms. The molecule has 0 aliphatic carbocycles. The van der Waals surface area contributed by atoms with Crippen LogP contribution < -0.4 is 14.4 Å². The summed E-state index contributed by atoms with van der Waals surface area (Å²) in [5, 5.41) is 2.24. The van der Waals surface area contributed by atoms with Gasteiger partial charge in [-0.05, 0) is 24.3 Å². The van der Waals surface area contributed by atoms with Gasteiger partial charge in [0.25, 0.3) is 0 Å². The zero-order chi connectivity index (χ0) is 20.4. The van der Waals surface area contributed by atoms with Crippen LogP contribution >= 0.6 is 11.3 Å². The molecule has 0 saturated carbocycles. The van der Waals surface area contributed by atoms with Crippen LogP contribution in [0.1, 0.15) is 5.01 Å². The lowest BCUT2D eigenvalue weighted by molar-refractivity contribution is -0.0498. The summed E-state index contributed by atoms with van der Waals surface area (Å²) in [6, 6.07) is 11.0. The van der Waals surface area contributed by atoms with Crippen LogP contribution in [0.4, 0.5) is 20.2 Å². The molecule has 0 radical (unpaired) electrons. The standard InChI is InChI=1S/C19H16F2N2O4S2/c20-19(21)27-14-3-1-2-13(10-14)23-7-8-26-17-11-15(4-5-16(17)23)29(24,25)12-18-22-6-9-28-18/h1-6,9-11,19H,7-8,12H2. The first-order valence-corrected chi connectivity index (χ1v) is 11.2. The van der Waals surface area contributed by atoms with Crippen LogP contribution in [0.2, 0.25) is 0 Å². The number of thiazole rings is 1. The van der Waals surface area contributed by atoms with Crippen LogP contribution in [0.25, 0.3) is 0 Å². The Morgan fingerprint density at radius 1 is 1.24 bits per heavy atom. The number of nitrogens with zero attached hydrogens (tertiary/aromatic N) is 2. The Kier molecular flexibility index (Phi) is 5.37. The minimum atomic E-state index is -3.57. The molecule has 29 heavy (non-hydrogen) atoms. The van der Waals surface area contributed by atoms with Gasteiger partial charge in [0.15, 0.2) is 9.84 Å². The molecular formula is C19H16F2N2O4S2. The average Bonchev–Trinajstić information content (AvgIpc) is 3.19. The summed E-state index contributed by atoms with van der Waals surface area (Å²) in [5.41, 5.74) is 1.30. The Bertz CT molecular complexity index is 1110. The van der Waals surface area contributed by atoms with Crippen molar-refractivity contribution in [2.45, 2.75) is 17.3 Å². The van der Waals surface area contributed by atoms with Gasteiger partial charge in [0.1, 0.15) is 28.9 Å². The van der Waals surface area contributed by atoms with Crippen molar-refractivity contribution in [2.75, 3.05) is 18.1 Å². The second kappa shape index (κ2) is 7.96. The third-order valence-electron chi connectivity index (χ3n) is 4.31. The fourth-order valence-corrected chi connectivity index (χ4v) is 5.33. The van der Waals surface area contributed by atoms with Crippen LogP contribution in [0.15, 0.2) is 58.9 Å². The van der Waals surface area contributed by atoms with Gasteiger partial charge in [-0.2, -0.15) is 8.78 Å². The normalized spacial score (nSPS) is 13.8. The number of aromatic nitrogens is 1. The number of ether oxygens (including phenoxy) is 2. The number of sulfone groups is 1. The number of halogens is 2.